The summed E-state index contributed by atoms with van der Waals surface area (Å²) < 4.78 is 11.0. The van der Waals surface area contributed by atoms with Crippen molar-refractivity contribution in [1.29, 1.82) is 0 Å². The first-order valence-corrected chi connectivity index (χ1v) is 12.7. The topological polar surface area (TPSA) is 122 Å². The minimum Gasteiger partial charge on any atom is -0.493 e. The molecule has 0 fully saturated rings. The number of amides is 2. The first-order chi connectivity index (χ1) is 17.0. The number of carbonyl (C=O) groups is 2. The van der Waals surface area contributed by atoms with Gasteiger partial charge in [-0.2, -0.15) is 0 Å². The average molecular weight is 499 g/mol. The van der Waals surface area contributed by atoms with Gasteiger partial charge < -0.3 is 14.5 Å². The van der Waals surface area contributed by atoms with Crippen LogP contribution in [-0.4, -0.2) is 35.5 Å². The molecular formula is C25H30N4O5S. The molecule has 10 heteroatoms. The van der Waals surface area contributed by atoms with Gasteiger partial charge in [-0.3, -0.25) is 25.2 Å². The summed E-state index contributed by atoms with van der Waals surface area (Å²) in [4.78, 5) is 46.8. The van der Waals surface area contributed by atoms with Gasteiger partial charge in [0.2, 0.25) is 5.91 Å². The van der Waals surface area contributed by atoms with Crippen molar-refractivity contribution < 1.29 is 19.1 Å². The number of hydrogen-bond donors (Lipinski definition) is 3. The largest absolute Gasteiger partial charge is 0.493 e. The van der Waals surface area contributed by atoms with Gasteiger partial charge in [0.1, 0.15) is 10.7 Å². The lowest BCUT2D eigenvalue weighted by Gasteiger charge is -2.12. The van der Waals surface area contributed by atoms with Crippen LogP contribution in [0, 0.1) is 0 Å². The SMILES string of the molecule is CCCCOc1ccc(C(=O)NNC(=O)CCc2nc3sc4c(c3c(=O)[nH]2)CCCC4)cc1OC. The zero-order chi connectivity index (χ0) is 24.8. The molecule has 186 valence electrons. The van der Waals surface area contributed by atoms with Crippen molar-refractivity contribution in [1.82, 2.24) is 20.8 Å². The van der Waals surface area contributed by atoms with Crippen LogP contribution < -0.4 is 25.9 Å². The molecule has 1 aliphatic rings. The summed E-state index contributed by atoms with van der Waals surface area (Å²) >= 11 is 1.58. The summed E-state index contributed by atoms with van der Waals surface area (Å²) in [6.07, 6.45) is 6.40. The molecule has 1 aromatic carbocycles. The van der Waals surface area contributed by atoms with E-state index < -0.39 is 11.8 Å². The molecule has 0 aliphatic heterocycles. The van der Waals surface area contributed by atoms with Gasteiger partial charge in [-0.1, -0.05) is 13.3 Å². The molecule has 0 unspecified atom stereocenters. The molecule has 0 bridgehead atoms. The number of carbonyl (C=O) groups excluding carboxylic acids is 2. The van der Waals surface area contributed by atoms with Crippen LogP contribution in [0.15, 0.2) is 23.0 Å². The average Bonchev–Trinajstić information content (AvgIpc) is 3.25. The van der Waals surface area contributed by atoms with Crippen LogP contribution in [0.2, 0.25) is 0 Å². The number of fused-ring (bicyclic) bond motifs is 3. The van der Waals surface area contributed by atoms with Gasteiger partial charge >= 0.3 is 0 Å². The molecule has 1 aliphatic carbocycles. The highest BCUT2D eigenvalue weighted by Crippen LogP contribution is 2.33. The number of hydrazine groups is 1. The van der Waals surface area contributed by atoms with Crippen LogP contribution in [0.25, 0.3) is 10.2 Å². The number of methoxy groups -OCH3 is 1. The van der Waals surface area contributed by atoms with E-state index in [-0.39, 0.29) is 18.4 Å². The summed E-state index contributed by atoms with van der Waals surface area (Å²) in [6, 6.07) is 4.84. The summed E-state index contributed by atoms with van der Waals surface area (Å²) in [5.74, 6) is 0.602. The molecule has 0 spiro atoms. The number of rotatable bonds is 9. The summed E-state index contributed by atoms with van der Waals surface area (Å²) in [7, 11) is 1.51. The Morgan fingerprint density at radius 2 is 2.00 bits per heavy atom. The van der Waals surface area contributed by atoms with Crippen LogP contribution in [0.3, 0.4) is 0 Å². The molecule has 3 N–H and O–H groups in total. The second-order valence-electron chi connectivity index (χ2n) is 8.47. The zero-order valence-electron chi connectivity index (χ0n) is 20.0. The van der Waals surface area contributed by atoms with Crippen LogP contribution >= 0.6 is 11.3 Å². The fraction of sp³-hybridized carbons (Fsp3) is 0.440. The van der Waals surface area contributed by atoms with E-state index in [4.69, 9.17) is 9.47 Å². The quantitative estimate of drug-likeness (QED) is 0.307. The lowest BCUT2D eigenvalue weighted by Crippen LogP contribution is -2.41. The second-order valence-corrected chi connectivity index (χ2v) is 9.56. The lowest BCUT2D eigenvalue weighted by atomic mass is 9.97. The Labute approximate surface area is 207 Å². The van der Waals surface area contributed by atoms with Crippen molar-refractivity contribution in [2.24, 2.45) is 0 Å². The normalized spacial score (nSPS) is 12.7. The van der Waals surface area contributed by atoms with E-state index >= 15 is 0 Å². The van der Waals surface area contributed by atoms with Gasteiger partial charge in [0, 0.05) is 23.3 Å². The number of unbranched alkanes of at least 4 members (excludes halogenated alkanes) is 1. The van der Waals surface area contributed by atoms with Gasteiger partial charge in [-0.05, 0) is 55.9 Å². The molecule has 3 aromatic rings. The first-order valence-electron chi connectivity index (χ1n) is 11.9. The number of aromatic nitrogens is 2. The zero-order valence-corrected chi connectivity index (χ0v) is 20.8. The highest BCUT2D eigenvalue weighted by Gasteiger charge is 2.20. The van der Waals surface area contributed by atoms with Crippen LogP contribution in [0.5, 0.6) is 11.5 Å². The molecule has 35 heavy (non-hydrogen) atoms. The summed E-state index contributed by atoms with van der Waals surface area (Å²) in [5, 5.41) is 0.697. The third-order valence-corrected chi connectivity index (χ3v) is 7.15. The first kappa shape index (κ1) is 24.7. The molecule has 2 amide bonds. The molecule has 0 atom stereocenters. The predicted octanol–water partition coefficient (Wildman–Crippen LogP) is 3.44. The lowest BCUT2D eigenvalue weighted by molar-refractivity contribution is -0.121. The van der Waals surface area contributed by atoms with E-state index in [0.29, 0.717) is 34.9 Å². The smallest absolute Gasteiger partial charge is 0.269 e. The minimum atomic E-state index is -0.478. The standard InChI is InChI=1S/C25H30N4O5S/c1-3-4-13-34-17-10-9-15(14-18(17)33-2)23(31)29-28-21(30)12-11-20-26-24(32)22-16-7-5-6-8-19(16)35-25(22)27-20/h9-10,14H,3-8,11-13H2,1-2H3,(H,28,30)(H,29,31)(H,26,27,32). The molecule has 9 nitrogen and oxygen atoms in total. The van der Waals surface area contributed by atoms with Crippen molar-refractivity contribution in [3.05, 3.63) is 50.4 Å². The molecule has 0 saturated carbocycles. The molecular weight excluding hydrogens is 468 g/mol. The fourth-order valence-electron chi connectivity index (χ4n) is 4.07. The molecule has 4 rings (SSSR count). The van der Waals surface area contributed by atoms with Crippen molar-refractivity contribution in [3.8, 4) is 11.5 Å². The van der Waals surface area contributed by atoms with Crippen LogP contribution in [0.1, 0.15) is 65.7 Å². The minimum absolute atomic E-state index is 0.0628. The number of thiophene rings is 1. The van der Waals surface area contributed by atoms with Crippen molar-refractivity contribution >= 4 is 33.4 Å². The van der Waals surface area contributed by atoms with Gasteiger partial charge in [0.15, 0.2) is 11.5 Å². The number of hydrogen-bond acceptors (Lipinski definition) is 7. The van der Waals surface area contributed by atoms with E-state index in [2.05, 4.69) is 27.7 Å². The molecule has 2 aromatic heterocycles. The van der Waals surface area contributed by atoms with Gasteiger partial charge in [-0.15, -0.1) is 11.3 Å². The predicted molar refractivity (Wildman–Crippen MR) is 134 cm³/mol. The number of ether oxygens (including phenoxy) is 2. The molecule has 0 radical (unpaired) electrons. The van der Waals surface area contributed by atoms with Crippen LogP contribution in [-0.2, 0) is 24.1 Å². The Hall–Kier alpha value is -3.40. The maximum absolute atomic E-state index is 12.6. The van der Waals surface area contributed by atoms with Crippen molar-refractivity contribution in [2.75, 3.05) is 13.7 Å². The van der Waals surface area contributed by atoms with E-state index in [1.807, 2.05) is 0 Å². The number of H-pyrrole nitrogens is 1. The van der Waals surface area contributed by atoms with E-state index in [1.54, 1.807) is 29.5 Å². The monoisotopic (exact) mass is 498 g/mol. The fourth-order valence-corrected chi connectivity index (χ4v) is 5.36. The van der Waals surface area contributed by atoms with Gasteiger partial charge in [-0.25, -0.2) is 4.98 Å². The number of benzene rings is 1. The maximum Gasteiger partial charge on any atom is 0.269 e. The van der Waals surface area contributed by atoms with Crippen molar-refractivity contribution in [2.45, 2.75) is 58.3 Å². The number of aromatic amines is 1. The summed E-state index contributed by atoms with van der Waals surface area (Å²) in [5.41, 5.74) is 6.13. The third kappa shape index (κ3) is 5.82. The highest BCUT2D eigenvalue weighted by atomic mass is 32.1. The Balaban J connectivity index is 1.32. The summed E-state index contributed by atoms with van der Waals surface area (Å²) in [6.45, 7) is 2.64. The van der Waals surface area contributed by atoms with Gasteiger partial charge in [0.05, 0.1) is 19.1 Å². The van der Waals surface area contributed by atoms with E-state index in [1.165, 1.54) is 12.0 Å². The Morgan fingerprint density at radius 3 is 2.80 bits per heavy atom. The number of aryl methyl sites for hydroxylation is 3. The number of nitrogens with zero attached hydrogens (tertiary/aromatic N) is 1. The van der Waals surface area contributed by atoms with Crippen LogP contribution in [0.4, 0.5) is 0 Å². The Bertz CT molecular complexity index is 1280. The van der Waals surface area contributed by atoms with Gasteiger partial charge in [0.25, 0.3) is 11.5 Å². The molecule has 2 heterocycles. The van der Waals surface area contributed by atoms with Crippen molar-refractivity contribution in [3.63, 3.8) is 0 Å². The molecule has 0 saturated heterocycles. The maximum atomic E-state index is 12.6. The Morgan fingerprint density at radius 1 is 1.17 bits per heavy atom. The Kier molecular flexibility index (Phi) is 8.02. The second kappa shape index (κ2) is 11.4. The number of nitrogens with one attached hydrogen (secondary N) is 3. The third-order valence-electron chi connectivity index (χ3n) is 5.96. The van der Waals surface area contributed by atoms with E-state index in [0.717, 1.165) is 48.9 Å². The van der Waals surface area contributed by atoms with E-state index in [9.17, 15) is 14.4 Å². The highest BCUT2D eigenvalue weighted by molar-refractivity contribution is 7.18.